The average Bonchev–Trinajstić information content (AvgIpc) is 3.83. The number of hydrogen-bond acceptors (Lipinski definition) is 22. The molecular weight excluding hydrogens is 860 g/mol. The fourth-order valence-electron chi connectivity index (χ4n) is 9.35. The molecule has 0 aromatic heterocycles. The number of likely N-dealkylation sites (tertiary alicyclic amines) is 2. The summed E-state index contributed by atoms with van der Waals surface area (Å²) >= 11 is 0. The fraction of sp³-hybridized carbons (Fsp3) is 0.950. The zero-order chi connectivity index (χ0) is 47.6. The maximum absolute atomic E-state index is 12.4. The van der Waals surface area contributed by atoms with Gasteiger partial charge in [-0.1, -0.05) is 27.7 Å². The highest BCUT2D eigenvalue weighted by Crippen LogP contribution is 2.37. The predicted molar refractivity (Wildman–Crippen MR) is 211 cm³/mol. The van der Waals surface area contributed by atoms with Gasteiger partial charge >= 0.3 is 0 Å². The van der Waals surface area contributed by atoms with E-state index >= 15 is 0 Å². The molecule has 0 aliphatic carbocycles. The van der Waals surface area contributed by atoms with Crippen molar-refractivity contribution in [3.05, 3.63) is 0 Å². The minimum absolute atomic E-state index is 0.124. The third kappa shape index (κ3) is 11.9. The summed E-state index contributed by atoms with van der Waals surface area (Å²) in [6.45, 7) is 5.88. The fourth-order valence-corrected chi connectivity index (χ4v) is 9.35. The Labute approximate surface area is 370 Å². The number of amides is 2. The molecular formula is C40H70N2O22. The minimum Gasteiger partial charge on any atom is -0.394 e. The van der Waals surface area contributed by atoms with Crippen molar-refractivity contribution >= 4 is 11.8 Å². The highest BCUT2D eigenvalue weighted by Gasteiger charge is 2.59. The number of aliphatic hydroxyl groups is 14. The molecule has 24 nitrogen and oxygen atoms in total. The molecule has 6 saturated heterocycles. The van der Waals surface area contributed by atoms with Crippen molar-refractivity contribution in [2.45, 2.75) is 163 Å². The molecule has 0 bridgehead atoms. The minimum atomic E-state index is -2.25. The number of carbonyl (C=O) groups excluding carboxylic acids is 2. The molecule has 24 heteroatoms. The van der Waals surface area contributed by atoms with Crippen molar-refractivity contribution in [2.75, 3.05) is 52.6 Å². The zero-order valence-corrected chi connectivity index (χ0v) is 36.5. The molecule has 6 heterocycles. The van der Waals surface area contributed by atoms with Gasteiger partial charge in [-0.15, -0.1) is 0 Å². The van der Waals surface area contributed by atoms with Crippen molar-refractivity contribution in [2.24, 2.45) is 23.7 Å². The molecule has 6 fully saturated rings. The van der Waals surface area contributed by atoms with Gasteiger partial charge in [-0.05, 0) is 36.5 Å². The molecule has 2 amide bonds. The summed E-state index contributed by atoms with van der Waals surface area (Å²) in [6, 6.07) is 0. The Hall–Kier alpha value is -1.86. The van der Waals surface area contributed by atoms with Crippen LogP contribution in [0.5, 0.6) is 0 Å². The van der Waals surface area contributed by atoms with Crippen LogP contribution in [-0.2, 0) is 38.0 Å². The third-order valence-electron chi connectivity index (χ3n) is 12.6. The smallest absolute Gasteiger partial charge is 0.223 e. The summed E-state index contributed by atoms with van der Waals surface area (Å²) in [5, 5.41) is 142. The number of carbonyl (C=O) groups is 2. The summed E-state index contributed by atoms with van der Waals surface area (Å²) < 4.78 is 32.3. The highest BCUT2D eigenvalue weighted by molar-refractivity contribution is 5.79. The van der Waals surface area contributed by atoms with E-state index in [9.17, 15) is 81.1 Å². The van der Waals surface area contributed by atoms with Crippen molar-refractivity contribution in [3.8, 4) is 0 Å². The summed E-state index contributed by atoms with van der Waals surface area (Å²) in [4.78, 5) is 27.6. The van der Waals surface area contributed by atoms with Gasteiger partial charge in [0.15, 0.2) is 12.6 Å². The van der Waals surface area contributed by atoms with Crippen molar-refractivity contribution in [1.82, 2.24) is 9.80 Å². The Bertz CT molecular complexity index is 1440. The lowest BCUT2D eigenvalue weighted by Crippen LogP contribution is -2.67. The van der Waals surface area contributed by atoms with E-state index in [1.54, 1.807) is 0 Å². The van der Waals surface area contributed by atoms with Crippen molar-refractivity contribution in [3.63, 3.8) is 0 Å². The number of nitrogens with zero attached hydrogens (tertiary/aromatic N) is 2. The zero-order valence-electron chi connectivity index (χ0n) is 36.5. The molecule has 6 rings (SSSR count). The largest absolute Gasteiger partial charge is 0.394 e. The lowest BCUT2D eigenvalue weighted by atomic mass is 9.95. The van der Waals surface area contributed by atoms with Crippen LogP contribution in [0.2, 0.25) is 0 Å². The average molecular weight is 931 g/mol. The van der Waals surface area contributed by atoms with Gasteiger partial charge < -0.3 is 110 Å². The van der Waals surface area contributed by atoms with Crippen molar-refractivity contribution in [1.29, 1.82) is 0 Å². The lowest BCUT2D eigenvalue weighted by molar-refractivity contribution is -0.369. The molecule has 0 aromatic rings. The van der Waals surface area contributed by atoms with Gasteiger partial charge in [0.25, 0.3) is 0 Å². The second-order valence-corrected chi connectivity index (χ2v) is 18.8. The van der Waals surface area contributed by atoms with E-state index in [1.807, 2.05) is 0 Å². The van der Waals surface area contributed by atoms with Crippen LogP contribution in [0.4, 0.5) is 0 Å². The summed E-state index contributed by atoms with van der Waals surface area (Å²) in [7, 11) is 0. The maximum Gasteiger partial charge on any atom is 0.223 e. The van der Waals surface area contributed by atoms with Gasteiger partial charge in [0.1, 0.15) is 85.5 Å². The molecule has 64 heavy (non-hydrogen) atoms. The summed E-state index contributed by atoms with van der Waals surface area (Å²) in [6.07, 6.45) is -22.6. The van der Waals surface area contributed by atoms with Gasteiger partial charge in [0.2, 0.25) is 23.4 Å². The van der Waals surface area contributed by atoms with Crippen LogP contribution in [0.25, 0.3) is 0 Å². The van der Waals surface area contributed by atoms with E-state index in [2.05, 4.69) is 27.7 Å². The molecule has 0 spiro atoms. The Kier molecular flexibility index (Phi) is 18.3. The Morgan fingerprint density at radius 2 is 1.00 bits per heavy atom. The second-order valence-electron chi connectivity index (χ2n) is 18.8. The molecule has 6 aliphatic rings. The first-order valence-corrected chi connectivity index (χ1v) is 21.9. The van der Waals surface area contributed by atoms with Gasteiger partial charge in [-0.3, -0.25) is 9.59 Å². The Balaban J connectivity index is 0.000000241. The summed E-state index contributed by atoms with van der Waals surface area (Å²) in [5.41, 5.74) is 0. The first-order chi connectivity index (χ1) is 30.0. The van der Waals surface area contributed by atoms with Crippen LogP contribution in [0.1, 0.15) is 53.4 Å². The number of aliphatic hydroxyl groups excluding tert-OH is 12. The first kappa shape index (κ1) is 53.1. The van der Waals surface area contributed by atoms with Crippen LogP contribution in [0.3, 0.4) is 0 Å². The first-order valence-electron chi connectivity index (χ1n) is 21.9. The number of hydrogen-bond donors (Lipinski definition) is 14. The van der Waals surface area contributed by atoms with E-state index in [-0.39, 0.29) is 36.7 Å². The van der Waals surface area contributed by atoms with Gasteiger partial charge in [0, 0.05) is 25.9 Å². The molecule has 0 radical (unpaired) electrons. The molecule has 0 saturated carbocycles. The lowest BCUT2D eigenvalue weighted by Gasteiger charge is -2.47. The third-order valence-corrected chi connectivity index (χ3v) is 12.6. The van der Waals surface area contributed by atoms with Crippen molar-refractivity contribution < 1.29 is 110 Å². The standard InChI is InChI=1S/2C20H35NO11/c1-9(2)3-10-4-13(24)21(5-10)8-20(29)18(28)17(11(23)7-30-20)32-19-16(27)15(26)14(25)12(6-22)31-19;1-9(2)3-10-4-13(24)21(5-10)8-20(29)18(28)17(12(7-23)32-20)31-19-16(27)15(26)14(25)11(6-22)30-19/h2*9-12,14-19,22-23,25-29H,3-8H2,1-2H3/t2*10-,11?,12?,14?,15?,16?,17?,18?,19?,20?/m11/s1. The van der Waals surface area contributed by atoms with E-state index in [1.165, 1.54) is 9.80 Å². The second kappa shape index (κ2) is 22.1. The summed E-state index contributed by atoms with van der Waals surface area (Å²) in [5.74, 6) is -3.80. The van der Waals surface area contributed by atoms with Gasteiger partial charge in [-0.25, -0.2) is 0 Å². The topological polar surface area (TPSA) is 379 Å². The van der Waals surface area contributed by atoms with E-state index in [0.29, 0.717) is 37.8 Å². The molecule has 6 aliphatic heterocycles. The van der Waals surface area contributed by atoms with E-state index < -0.39 is 136 Å². The molecule has 372 valence electrons. The van der Waals surface area contributed by atoms with Crippen LogP contribution in [0.15, 0.2) is 0 Å². The predicted octanol–water partition coefficient (Wildman–Crippen LogP) is -6.99. The monoisotopic (exact) mass is 930 g/mol. The Morgan fingerprint density at radius 1 is 0.594 bits per heavy atom. The number of ether oxygens (including phenoxy) is 6. The van der Waals surface area contributed by atoms with Crippen LogP contribution >= 0.6 is 0 Å². The SMILES string of the molecule is CC(C)C[C@@H]1CC(=O)N(CC2(O)OC(CO)C(OC3OC(CO)C(O)C(O)C3O)C2O)C1.CC(C)C[C@@H]1CC(=O)N(CC2(O)OCC(O)C(OC3OC(CO)C(O)C(O)C3O)C2O)C1. The highest BCUT2D eigenvalue weighted by atomic mass is 16.7. The van der Waals surface area contributed by atoms with E-state index in [4.69, 9.17) is 28.4 Å². The normalized spacial score (nSPS) is 45.4. The van der Waals surface area contributed by atoms with Gasteiger partial charge in [0.05, 0.1) is 39.5 Å². The van der Waals surface area contributed by atoms with Crippen LogP contribution < -0.4 is 0 Å². The Morgan fingerprint density at radius 3 is 1.42 bits per heavy atom. The molecule has 0 aromatic carbocycles. The van der Waals surface area contributed by atoms with Crippen LogP contribution in [-0.4, -0.2) is 255 Å². The molecule has 18 unspecified atom stereocenters. The quantitative estimate of drug-likeness (QED) is 0.0725. The number of rotatable bonds is 15. The molecule has 20 atom stereocenters. The molecule has 14 N–H and O–H groups in total. The van der Waals surface area contributed by atoms with Crippen LogP contribution in [0, 0.1) is 23.7 Å². The van der Waals surface area contributed by atoms with E-state index in [0.717, 1.165) is 12.8 Å². The number of β-amino-alcohol motifs (C(OH)–C–C–N with tert-alkyl or cyclic N) is 2. The maximum atomic E-state index is 12.4. The van der Waals surface area contributed by atoms with Gasteiger partial charge in [-0.2, -0.15) is 0 Å².